The van der Waals surface area contributed by atoms with Gasteiger partial charge in [0.05, 0.1) is 16.9 Å². The van der Waals surface area contributed by atoms with Gasteiger partial charge < -0.3 is 20.9 Å². The average Bonchev–Trinajstić information content (AvgIpc) is 2.76. The number of pyridine rings is 2. The Morgan fingerprint density at radius 1 is 1.00 bits per heavy atom. The van der Waals surface area contributed by atoms with Crippen LogP contribution in [-0.4, -0.2) is 54.0 Å². The van der Waals surface area contributed by atoms with E-state index in [0.29, 0.717) is 17.1 Å². The Morgan fingerprint density at radius 3 is 2.45 bits per heavy atom. The fraction of sp³-hybridized carbons (Fsp3) is 0.227. The second-order valence-corrected chi connectivity index (χ2v) is 7.15. The number of nitrogens with zero attached hydrogens (tertiary/aromatic N) is 4. The highest BCUT2D eigenvalue weighted by Gasteiger charge is 2.16. The second kappa shape index (κ2) is 8.28. The van der Waals surface area contributed by atoms with Crippen molar-refractivity contribution in [3.63, 3.8) is 0 Å². The van der Waals surface area contributed by atoms with Gasteiger partial charge in [-0.15, -0.1) is 0 Å². The third kappa shape index (κ3) is 4.35. The van der Waals surface area contributed by atoms with Crippen LogP contribution in [0, 0.1) is 0 Å². The molecule has 7 nitrogen and oxygen atoms in total. The highest BCUT2D eigenvalue weighted by Crippen LogP contribution is 2.23. The summed E-state index contributed by atoms with van der Waals surface area (Å²) >= 11 is 0. The Hall–Kier alpha value is -3.45. The third-order valence-electron chi connectivity index (χ3n) is 5.07. The molecule has 0 spiro atoms. The number of anilines is 3. The fourth-order valence-corrected chi connectivity index (χ4v) is 3.26. The standard InChI is InChI=1S/C22H24N6O/c1-27-11-13-28(14-12-27)20-10-7-17(15-24-20)22(29)26-21-18(23)8-9-19(25-21)16-5-3-2-4-6-16/h2-10,15H,11-14,23H2,1H3,(H,25,26,29). The Kier molecular flexibility index (Phi) is 5.39. The molecular weight excluding hydrogens is 364 g/mol. The molecule has 29 heavy (non-hydrogen) atoms. The van der Waals surface area contributed by atoms with E-state index in [9.17, 15) is 4.79 Å². The van der Waals surface area contributed by atoms with Crippen molar-refractivity contribution in [2.75, 3.05) is 49.2 Å². The molecule has 148 valence electrons. The molecule has 1 aliphatic heterocycles. The summed E-state index contributed by atoms with van der Waals surface area (Å²) in [6.45, 7) is 3.88. The van der Waals surface area contributed by atoms with Crippen LogP contribution >= 0.6 is 0 Å². The number of nitrogen functional groups attached to an aromatic ring is 1. The number of benzene rings is 1. The molecule has 0 atom stereocenters. The zero-order chi connectivity index (χ0) is 20.2. The maximum Gasteiger partial charge on any atom is 0.258 e. The molecule has 0 radical (unpaired) electrons. The van der Waals surface area contributed by atoms with Crippen LogP contribution in [0.3, 0.4) is 0 Å². The topological polar surface area (TPSA) is 87.4 Å². The Balaban J connectivity index is 1.48. The molecule has 3 heterocycles. The van der Waals surface area contributed by atoms with E-state index in [1.54, 1.807) is 18.3 Å². The number of piperazine rings is 1. The summed E-state index contributed by atoms with van der Waals surface area (Å²) in [6.07, 6.45) is 1.60. The third-order valence-corrected chi connectivity index (χ3v) is 5.07. The number of aromatic nitrogens is 2. The van der Waals surface area contributed by atoms with Crippen LogP contribution in [0.4, 0.5) is 17.3 Å². The summed E-state index contributed by atoms with van der Waals surface area (Å²) in [6, 6.07) is 17.0. The van der Waals surface area contributed by atoms with E-state index in [-0.39, 0.29) is 5.91 Å². The maximum atomic E-state index is 12.7. The Morgan fingerprint density at radius 2 is 1.76 bits per heavy atom. The number of carbonyl (C=O) groups is 1. The second-order valence-electron chi connectivity index (χ2n) is 7.15. The molecular formula is C22H24N6O. The fourth-order valence-electron chi connectivity index (χ4n) is 3.26. The lowest BCUT2D eigenvalue weighted by Gasteiger charge is -2.33. The van der Waals surface area contributed by atoms with Crippen LogP contribution in [0.15, 0.2) is 60.8 Å². The molecule has 3 N–H and O–H groups in total. The van der Waals surface area contributed by atoms with Crippen molar-refractivity contribution in [2.24, 2.45) is 0 Å². The van der Waals surface area contributed by atoms with Crippen molar-refractivity contribution < 1.29 is 4.79 Å². The monoisotopic (exact) mass is 388 g/mol. The Bertz CT molecular complexity index is 982. The van der Waals surface area contributed by atoms with Crippen LogP contribution < -0.4 is 16.0 Å². The van der Waals surface area contributed by atoms with Gasteiger partial charge >= 0.3 is 0 Å². The number of hydrogen-bond acceptors (Lipinski definition) is 6. The van der Waals surface area contributed by atoms with E-state index < -0.39 is 0 Å². The number of amides is 1. The zero-order valence-corrected chi connectivity index (χ0v) is 16.4. The van der Waals surface area contributed by atoms with Gasteiger partial charge in [0.2, 0.25) is 0 Å². The minimum Gasteiger partial charge on any atom is -0.396 e. The van der Waals surface area contributed by atoms with Crippen LogP contribution in [0.25, 0.3) is 11.3 Å². The van der Waals surface area contributed by atoms with Crippen molar-refractivity contribution >= 4 is 23.2 Å². The number of hydrogen-bond donors (Lipinski definition) is 2. The first-order valence-corrected chi connectivity index (χ1v) is 9.63. The molecule has 1 amide bonds. The SMILES string of the molecule is CN1CCN(c2ccc(C(=O)Nc3nc(-c4ccccc4)ccc3N)cn2)CC1. The first-order valence-electron chi connectivity index (χ1n) is 9.63. The molecule has 0 unspecified atom stereocenters. The molecule has 2 aromatic heterocycles. The largest absolute Gasteiger partial charge is 0.396 e. The molecule has 1 saturated heterocycles. The highest BCUT2D eigenvalue weighted by atomic mass is 16.1. The van der Waals surface area contributed by atoms with Crippen molar-refractivity contribution in [3.05, 3.63) is 66.4 Å². The first kappa shape index (κ1) is 18.9. The first-order chi connectivity index (χ1) is 14.1. The van der Waals surface area contributed by atoms with Gasteiger partial charge in [0.1, 0.15) is 5.82 Å². The summed E-state index contributed by atoms with van der Waals surface area (Å²) < 4.78 is 0. The molecule has 0 bridgehead atoms. The summed E-state index contributed by atoms with van der Waals surface area (Å²) in [5, 5.41) is 2.81. The molecule has 1 aliphatic rings. The van der Waals surface area contributed by atoms with Gasteiger partial charge in [0, 0.05) is 37.9 Å². The molecule has 1 aromatic carbocycles. The predicted octanol–water partition coefficient (Wildman–Crippen LogP) is 2.73. The molecule has 7 heteroatoms. The normalized spacial score (nSPS) is 14.6. The molecule has 0 saturated carbocycles. The van der Waals surface area contributed by atoms with Gasteiger partial charge in [-0.3, -0.25) is 4.79 Å². The molecule has 4 rings (SSSR count). The van der Waals surface area contributed by atoms with Crippen molar-refractivity contribution in [1.29, 1.82) is 0 Å². The van der Waals surface area contributed by atoms with Crippen LogP contribution in [-0.2, 0) is 0 Å². The van der Waals surface area contributed by atoms with Crippen molar-refractivity contribution in [1.82, 2.24) is 14.9 Å². The van der Waals surface area contributed by atoms with Crippen LogP contribution in [0.5, 0.6) is 0 Å². The quantitative estimate of drug-likeness (QED) is 0.715. The summed E-state index contributed by atoms with van der Waals surface area (Å²) in [5.74, 6) is 0.949. The van der Waals surface area contributed by atoms with Gasteiger partial charge in [-0.2, -0.15) is 0 Å². The number of carbonyl (C=O) groups excluding carboxylic acids is 1. The lowest BCUT2D eigenvalue weighted by molar-refractivity contribution is 0.102. The van der Waals surface area contributed by atoms with E-state index in [0.717, 1.165) is 43.3 Å². The van der Waals surface area contributed by atoms with Gasteiger partial charge in [-0.1, -0.05) is 30.3 Å². The van der Waals surface area contributed by atoms with Gasteiger partial charge in [-0.05, 0) is 31.3 Å². The summed E-state index contributed by atoms with van der Waals surface area (Å²) in [7, 11) is 2.12. The number of rotatable bonds is 4. The van der Waals surface area contributed by atoms with Gasteiger partial charge in [-0.25, -0.2) is 9.97 Å². The maximum absolute atomic E-state index is 12.7. The van der Waals surface area contributed by atoms with E-state index >= 15 is 0 Å². The van der Waals surface area contributed by atoms with Crippen LogP contribution in [0.2, 0.25) is 0 Å². The van der Waals surface area contributed by atoms with Crippen molar-refractivity contribution in [3.8, 4) is 11.3 Å². The highest BCUT2D eigenvalue weighted by molar-refractivity contribution is 6.05. The van der Waals surface area contributed by atoms with Gasteiger partial charge in [0.25, 0.3) is 5.91 Å². The van der Waals surface area contributed by atoms with E-state index in [1.165, 1.54) is 0 Å². The smallest absolute Gasteiger partial charge is 0.258 e. The average molecular weight is 388 g/mol. The summed E-state index contributed by atoms with van der Waals surface area (Å²) in [4.78, 5) is 26.2. The molecule has 3 aromatic rings. The minimum atomic E-state index is -0.285. The predicted molar refractivity (Wildman–Crippen MR) is 116 cm³/mol. The van der Waals surface area contributed by atoms with Gasteiger partial charge in [0.15, 0.2) is 5.82 Å². The van der Waals surface area contributed by atoms with Crippen molar-refractivity contribution in [2.45, 2.75) is 0 Å². The number of nitrogens with one attached hydrogen (secondary N) is 1. The lowest BCUT2D eigenvalue weighted by Crippen LogP contribution is -2.44. The number of likely N-dealkylation sites (N-methyl/N-ethyl adjacent to an activating group) is 1. The minimum absolute atomic E-state index is 0.285. The van der Waals surface area contributed by atoms with E-state index in [1.807, 2.05) is 42.5 Å². The van der Waals surface area contributed by atoms with E-state index in [4.69, 9.17) is 5.73 Å². The van der Waals surface area contributed by atoms with E-state index in [2.05, 4.69) is 32.1 Å². The zero-order valence-electron chi connectivity index (χ0n) is 16.4. The Labute approximate surface area is 170 Å². The molecule has 1 fully saturated rings. The van der Waals surface area contributed by atoms with Crippen LogP contribution in [0.1, 0.15) is 10.4 Å². The lowest BCUT2D eigenvalue weighted by atomic mass is 10.1. The summed E-state index contributed by atoms with van der Waals surface area (Å²) in [5.41, 5.74) is 8.61. The number of nitrogens with two attached hydrogens (primary N) is 1. The molecule has 0 aliphatic carbocycles.